The average Bonchev–Trinajstić information content (AvgIpc) is 2.36. The van der Waals surface area contributed by atoms with Crippen LogP contribution in [0, 0.1) is 0 Å². The molecular weight excluding hydrogens is 306 g/mol. The van der Waals surface area contributed by atoms with Gasteiger partial charge in [-0.15, -0.1) is 0 Å². The molecule has 0 unspecified atom stereocenters. The molecule has 0 aliphatic rings. The van der Waals surface area contributed by atoms with E-state index in [-0.39, 0.29) is 5.56 Å². The van der Waals surface area contributed by atoms with Gasteiger partial charge in [-0.25, -0.2) is 4.79 Å². The van der Waals surface area contributed by atoms with E-state index in [1.807, 2.05) is 6.07 Å². The second-order valence-electron chi connectivity index (χ2n) is 3.77. The summed E-state index contributed by atoms with van der Waals surface area (Å²) in [5, 5.41) is 1.45. The molecule has 94 valence electrons. The number of hydrogen-bond acceptors (Lipinski definition) is 2. The van der Waals surface area contributed by atoms with Crippen LogP contribution in [0.1, 0.15) is 5.56 Å². The third kappa shape index (κ3) is 2.22. The summed E-state index contributed by atoms with van der Waals surface area (Å²) >= 11 is 3.30. The molecule has 0 aromatic heterocycles. The molecule has 0 fully saturated rings. The van der Waals surface area contributed by atoms with Crippen molar-refractivity contribution in [2.45, 2.75) is 5.92 Å². The molecule has 5 heteroatoms. The SMILES string of the molecule is COC(=O)C(F)(F)c1ccc2cc(Br)ccc2c1. The third-order valence-electron chi connectivity index (χ3n) is 2.61. The molecule has 18 heavy (non-hydrogen) atoms. The minimum Gasteiger partial charge on any atom is -0.464 e. The van der Waals surface area contributed by atoms with Crippen molar-refractivity contribution in [1.29, 1.82) is 0 Å². The topological polar surface area (TPSA) is 26.3 Å². The van der Waals surface area contributed by atoms with E-state index in [0.29, 0.717) is 5.39 Å². The predicted molar refractivity (Wildman–Crippen MR) is 67.6 cm³/mol. The summed E-state index contributed by atoms with van der Waals surface area (Å²) in [6, 6.07) is 9.34. The quantitative estimate of drug-likeness (QED) is 0.787. The Morgan fingerprint density at radius 3 is 2.44 bits per heavy atom. The van der Waals surface area contributed by atoms with Gasteiger partial charge in [0.25, 0.3) is 0 Å². The number of benzene rings is 2. The molecule has 0 heterocycles. The van der Waals surface area contributed by atoms with Gasteiger partial charge in [0.1, 0.15) is 0 Å². The van der Waals surface area contributed by atoms with Crippen molar-refractivity contribution in [1.82, 2.24) is 0 Å². The maximum absolute atomic E-state index is 13.7. The summed E-state index contributed by atoms with van der Waals surface area (Å²) in [6.45, 7) is 0. The minimum atomic E-state index is -3.63. The largest absolute Gasteiger partial charge is 0.464 e. The second-order valence-corrected chi connectivity index (χ2v) is 4.69. The highest BCUT2D eigenvalue weighted by Crippen LogP contribution is 2.32. The number of esters is 1. The van der Waals surface area contributed by atoms with Crippen molar-refractivity contribution in [3.05, 3.63) is 46.4 Å². The van der Waals surface area contributed by atoms with Gasteiger partial charge >= 0.3 is 11.9 Å². The molecular formula is C13H9BrF2O2. The van der Waals surface area contributed by atoms with E-state index in [4.69, 9.17) is 0 Å². The van der Waals surface area contributed by atoms with Crippen LogP contribution in [0.15, 0.2) is 40.9 Å². The summed E-state index contributed by atoms with van der Waals surface area (Å²) in [5.74, 6) is -5.19. The standard InChI is InChI=1S/C13H9BrF2O2/c1-18-12(17)13(15,16)10-4-2-9-7-11(14)5-3-8(9)6-10/h2-7H,1H3. The molecule has 0 radical (unpaired) electrons. The maximum Gasteiger partial charge on any atom is 0.381 e. The number of hydrogen-bond donors (Lipinski definition) is 0. The monoisotopic (exact) mass is 314 g/mol. The molecule has 0 spiro atoms. The van der Waals surface area contributed by atoms with Crippen LogP contribution in [0.2, 0.25) is 0 Å². The number of rotatable bonds is 2. The molecule has 0 aliphatic heterocycles. The van der Waals surface area contributed by atoms with Gasteiger partial charge in [0.05, 0.1) is 7.11 Å². The Kier molecular flexibility index (Phi) is 3.34. The van der Waals surface area contributed by atoms with Crippen LogP contribution in [0.25, 0.3) is 10.8 Å². The van der Waals surface area contributed by atoms with Gasteiger partial charge in [-0.05, 0) is 29.0 Å². The van der Waals surface area contributed by atoms with Gasteiger partial charge in [-0.3, -0.25) is 0 Å². The second kappa shape index (κ2) is 4.65. The number of ether oxygens (including phenoxy) is 1. The van der Waals surface area contributed by atoms with Gasteiger partial charge in [0.15, 0.2) is 0 Å². The number of carbonyl (C=O) groups excluding carboxylic acids is 1. The molecule has 0 aliphatic carbocycles. The van der Waals surface area contributed by atoms with E-state index >= 15 is 0 Å². The van der Waals surface area contributed by atoms with Crippen LogP contribution in [-0.4, -0.2) is 13.1 Å². The van der Waals surface area contributed by atoms with Crippen molar-refractivity contribution in [3.63, 3.8) is 0 Å². The number of fused-ring (bicyclic) bond motifs is 1. The number of carbonyl (C=O) groups is 1. The first kappa shape index (κ1) is 13.0. The van der Waals surface area contributed by atoms with Crippen LogP contribution < -0.4 is 0 Å². The van der Waals surface area contributed by atoms with Crippen molar-refractivity contribution >= 4 is 32.7 Å². The van der Waals surface area contributed by atoms with Crippen LogP contribution in [0.3, 0.4) is 0 Å². The fourth-order valence-corrected chi connectivity index (χ4v) is 2.04. The zero-order valence-corrected chi connectivity index (χ0v) is 11.0. The van der Waals surface area contributed by atoms with E-state index in [9.17, 15) is 13.6 Å². The summed E-state index contributed by atoms with van der Waals surface area (Å²) in [5.41, 5.74) is -0.371. The Morgan fingerprint density at radius 2 is 1.78 bits per heavy atom. The molecule has 2 aromatic rings. The van der Waals surface area contributed by atoms with Crippen molar-refractivity contribution in [3.8, 4) is 0 Å². The van der Waals surface area contributed by atoms with Crippen molar-refractivity contribution in [2.24, 2.45) is 0 Å². The number of halogens is 3. The predicted octanol–water partition coefficient (Wildman–Crippen LogP) is 3.87. The van der Waals surface area contributed by atoms with Gasteiger partial charge in [0, 0.05) is 10.0 Å². The van der Waals surface area contributed by atoms with E-state index < -0.39 is 11.9 Å². The minimum absolute atomic E-state index is 0.371. The Balaban J connectivity index is 2.54. The summed E-state index contributed by atoms with van der Waals surface area (Å²) in [7, 11) is 0.939. The molecule has 0 saturated heterocycles. The number of methoxy groups -OCH3 is 1. The van der Waals surface area contributed by atoms with Crippen molar-refractivity contribution in [2.75, 3.05) is 7.11 Å². The molecule has 2 rings (SSSR count). The molecule has 2 aromatic carbocycles. The van der Waals surface area contributed by atoms with Crippen molar-refractivity contribution < 1.29 is 18.3 Å². The lowest BCUT2D eigenvalue weighted by Gasteiger charge is -2.14. The van der Waals surface area contributed by atoms with Gasteiger partial charge in [-0.1, -0.05) is 34.1 Å². The normalized spacial score (nSPS) is 11.6. The smallest absolute Gasteiger partial charge is 0.381 e. The average molecular weight is 315 g/mol. The summed E-state index contributed by atoms with van der Waals surface area (Å²) in [6.07, 6.45) is 0. The molecule has 0 N–H and O–H groups in total. The van der Waals surface area contributed by atoms with Crippen LogP contribution in [0.5, 0.6) is 0 Å². The first-order chi connectivity index (χ1) is 8.45. The first-order valence-corrected chi connectivity index (χ1v) is 5.90. The molecule has 0 saturated carbocycles. The molecule has 2 nitrogen and oxygen atoms in total. The van der Waals surface area contributed by atoms with E-state index in [1.54, 1.807) is 18.2 Å². The highest BCUT2D eigenvalue weighted by molar-refractivity contribution is 9.10. The van der Waals surface area contributed by atoms with Crippen LogP contribution in [0.4, 0.5) is 8.78 Å². The Bertz CT molecular complexity index is 611. The molecule has 0 bridgehead atoms. The van der Waals surface area contributed by atoms with Crippen LogP contribution >= 0.6 is 15.9 Å². The molecule has 0 amide bonds. The van der Waals surface area contributed by atoms with Gasteiger partial charge < -0.3 is 4.74 Å². The Labute approximate surface area is 111 Å². The third-order valence-corrected chi connectivity index (χ3v) is 3.10. The number of alkyl halides is 2. The maximum atomic E-state index is 13.7. The highest BCUT2D eigenvalue weighted by Gasteiger charge is 2.42. The van der Waals surface area contributed by atoms with Crippen LogP contribution in [-0.2, 0) is 15.5 Å². The zero-order chi connectivity index (χ0) is 13.3. The van der Waals surface area contributed by atoms with E-state index in [1.165, 1.54) is 12.1 Å². The fraction of sp³-hybridized carbons (Fsp3) is 0.154. The highest BCUT2D eigenvalue weighted by atomic mass is 79.9. The van der Waals surface area contributed by atoms with E-state index in [0.717, 1.165) is 17.0 Å². The lowest BCUT2D eigenvalue weighted by Crippen LogP contribution is -2.27. The Hall–Kier alpha value is -1.49. The summed E-state index contributed by atoms with van der Waals surface area (Å²) < 4.78 is 32.3. The molecule has 0 atom stereocenters. The fourth-order valence-electron chi connectivity index (χ4n) is 1.66. The lowest BCUT2D eigenvalue weighted by molar-refractivity contribution is -0.170. The lowest BCUT2D eigenvalue weighted by atomic mass is 10.0. The van der Waals surface area contributed by atoms with Gasteiger partial charge in [0.2, 0.25) is 0 Å². The van der Waals surface area contributed by atoms with E-state index in [2.05, 4.69) is 20.7 Å². The Morgan fingerprint density at radius 1 is 1.17 bits per heavy atom. The van der Waals surface area contributed by atoms with Gasteiger partial charge in [-0.2, -0.15) is 8.78 Å². The zero-order valence-electron chi connectivity index (χ0n) is 9.41. The summed E-state index contributed by atoms with van der Waals surface area (Å²) in [4.78, 5) is 11.0. The first-order valence-electron chi connectivity index (χ1n) is 5.11.